The van der Waals surface area contributed by atoms with Crippen molar-refractivity contribution in [2.45, 2.75) is 13.1 Å². The van der Waals surface area contributed by atoms with Gasteiger partial charge < -0.3 is 5.11 Å². The summed E-state index contributed by atoms with van der Waals surface area (Å²) in [7, 11) is 0. The molecule has 0 aliphatic carbocycles. The van der Waals surface area contributed by atoms with E-state index in [1.165, 1.54) is 10.9 Å². The molecule has 1 heterocycles. The largest absolute Gasteiger partial charge is 0.395 e. The molecule has 96 valence electrons. The van der Waals surface area contributed by atoms with Crippen molar-refractivity contribution in [3.05, 3.63) is 58.0 Å². The van der Waals surface area contributed by atoms with Gasteiger partial charge in [-0.15, -0.1) is 11.3 Å². The summed E-state index contributed by atoms with van der Waals surface area (Å²) < 4.78 is 13.1. The van der Waals surface area contributed by atoms with Gasteiger partial charge in [0.2, 0.25) is 0 Å². The molecule has 0 spiro atoms. The van der Waals surface area contributed by atoms with Gasteiger partial charge in [-0.1, -0.05) is 18.2 Å². The van der Waals surface area contributed by atoms with E-state index in [9.17, 15) is 4.39 Å². The average Bonchev–Trinajstić information content (AvgIpc) is 2.82. The summed E-state index contributed by atoms with van der Waals surface area (Å²) in [6, 6.07) is 10.7. The van der Waals surface area contributed by atoms with Gasteiger partial charge >= 0.3 is 0 Å². The lowest BCUT2D eigenvalue weighted by atomic mass is 10.2. The molecule has 0 atom stereocenters. The molecule has 4 heteroatoms. The number of aliphatic hydroxyl groups excluding tert-OH is 1. The number of halogens is 1. The predicted molar refractivity (Wildman–Crippen MR) is 71.9 cm³/mol. The molecule has 0 saturated heterocycles. The van der Waals surface area contributed by atoms with Crippen LogP contribution >= 0.6 is 11.3 Å². The van der Waals surface area contributed by atoms with Crippen molar-refractivity contribution in [1.29, 1.82) is 0 Å². The fourth-order valence-corrected chi connectivity index (χ4v) is 2.62. The van der Waals surface area contributed by atoms with E-state index in [-0.39, 0.29) is 12.4 Å². The lowest BCUT2D eigenvalue weighted by Gasteiger charge is -2.20. The van der Waals surface area contributed by atoms with Gasteiger partial charge in [0.25, 0.3) is 0 Å². The summed E-state index contributed by atoms with van der Waals surface area (Å²) in [5.41, 5.74) is 0.931. The molecular formula is C14H16FNOS. The Bertz CT molecular complexity index is 472. The standard InChI is InChI=1S/C14H16FNOS/c15-13-4-1-3-12(9-13)10-16(6-7-17)11-14-5-2-8-18-14/h1-5,8-9,17H,6-7,10-11H2. The summed E-state index contributed by atoms with van der Waals surface area (Å²) >= 11 is 1.69. The van der Waals surface area contributed by atoms with Gasteiger partial charge in [0, 0.05) is 24.5 Å². The van der Waals surface area contributed by atoms with Gasteiger partial charge in [0.05, 0.1) is 6.61 Å². The van der Waals surface area contributed by atoms with E-state index >= 15 is 0 Å². The van der Waals surface area contributed by atoms with Gasteiger partial charge in [-0.2, -0.15) is 0 Å². The predicted octanol–water partition coefficient (Wildman–Crippen LogP) is 2.88. The Kier molecular flexibility index (Phi) is 4.87. The number of nitrogens with zero attached hydrogens (tertiary/aromatic N) is 1. The van der Waals surface area contributed by atoms with E-state index in [0.717, 1.165) is 12.1 Å². The first-order valence-corrected chi connectivity index (χ1v) is 6.76. The van der Waals surface area contributed by atoms with Gasteiger partial charge in [0.1, 0.15) is 5.82 Å². The van der Waals surface area contributed by atoms with Crippen molar-refractivity contribution in [2.75, 3.05) is 13.2 Å². The van der Waals surface area contributed by atoms with Crippen LogP contribution in [0.2, 0.25) is 0 Å². The SMILES string of the molecule is OCCN(Cc1cccc(F)c1)Cc1cccs1. The molecule has 0 saturated carbocycles. The van der Waals surface area contributed by atoms with Crippen LogP contribution in [0.3, 0.4) is 0 Å². The molecule has 0 aliphatic heterocycles. The van der Waals surface area contributed by atoms with Crippen LogP contribution in [0.15, 0.2) is 41.8 Å². The Hall–Kier alpha value is -1.23. The molecule has 1 aromatic heterocycles. The van der Waals surface area contributed by atoms with Crippen LogP contribution < -0.4 is 0 Å². The summed E-state index contributed by atoms with van der Waals surface area (Å²) in [6.45, 7) is 2.14. The molecule has 0 radical (unpaired) electrons. The second-order valence-electron chi connectivity index (χ2n) is 4.14. The van der Waals surface area contributed by atoms with Crippen molar-refractivity contribution in [3.63, 3.8) is 0 Å². The number of benzene rings is 1. The highest BCUT2D eigenvalue weighted by molar-refractivity contribution is 7.09. The van der Waals surface area contributed by atoms with Crippen molar-refractivity contribution in [2.24, 2.45) is 0 Å². The number of thiophene rings is 1. The third kappa shape index (κ3) is 3.91. The number of hydrogen-bond donors (Lipinski definition) is 1. The van der Waals surface area contributed by atoms with Gasteiger partial charge in [-0.3, -0.25) is 4.90 Å². The van der Waals surface area contributed by atoms with E-state index in [1.54, 1.807) is 23.5 Å². The summed E-state index contributed by atoms with van der Waals surface area (Å²) in [5, 5.41) is 11.1. The Morgan fingerprint density at radius 2 is 2.06 bits per heavy atom. The van der Waals surface area contributed by atoms with Crippen LogP contribution in [-0.4, -0.2) is 23.2 Å². The van der Waals surface area contributed by atoms with Crippen LogP contribution in [0.5, 0.6) is 0 Å². The monoisotopic (exact) mass is 265 g/mol. The maximum Gasteiger partial charge on any atom is 0.123 e. The van der Waals surface area contributed by atoms with E-state index in [1.807, 2.05) is 17.5 Å². The van der Waals surface area contributed by atoms with E-state index in [0.29, 0.717) is 13.1 Å². The quantitative estimate of drug-likeness (QED) is 0.868. The van der Waals surface area contributed by atoms with Crippen LogP contribution in [-0.2, 0) is 13.1 Å². The van der Waals surface area contributed by atoms with Crippen LogP contribution in [0.25, 0.3) is 0 Å². The van der Waals surface area contributed by atoms with Gasteiger partial charge in [-0.05, 0) is 29.1 Å². The highest BCUT2D eigenvalue weighted by atomic mass is 32.1. The first kappa shape index (κ1) is 13.2. The Labute approximate surface area is 110 Å². The van der Waals surface area contributed by atoms with E-state index in [4.69, 9.17) is 5.11 Å². The van der Waals surface area contributed by atoms with Crippen LogP contribution in [0.4, 0.5) is 4.39 Å². The Morgan fingerprint density at radius 3 is 2.72 bits per heavy atom. The maximum atomic E-state index is 13.1. The second kappa shape index (κ2) is 6.64. The molecule has 2 rings (SSSR count). The number of hydrogen-bond acceptors (Lipinski definition) is 3. The zero-order chi connectivity index (χ0) is 12.8. The topological polar surface area (TPSA) is 23.5 Å². The van der Waals surface area contributed by atoms with E-state index < -0.39 is 0 Å². The fourth-order valence-electron chi connectivity index (χ4n) is 1.87. The van der Waals surface area contributed by atoms with Crippen molar-refractivity contribution in [3.8, 4) is 0 Å². The first-order valence-electron chi connectivity index (χ1n) is 5.88. The van der Waals surface area contributed by atoms with Gasteiger partial charge in [0.15, 0.2) is 0 Å². The molecule has 0 fully saturated rings. The molecular weight excluding hydrogens is 249 g/mol. The molecule has 0 bridgehead atoms. The molecule has 1 aromatic carbocycles. The first-order chi connectivity index (χ1) is 8.78. The second-order valence-corrected chi connectivity index (χ2v) is 5.18. The van der Waals surface area contributed by atoms with Crippen molar-refractivity contribution in [1.82, 2.24) is 4.90 Å². The van der Waals surface area contributed by atoms with Crippen molar-refractivity contribution < 1.29 is 9.50 Å². The Balaban J connectivity index is 2.01. The smallest absolute Gasteiger partial charge is 0.123 e. The highest BCUT2D eigenvalue weighted by Crippen LogP contribution is 2.14. The van der Waals surface area contributed by atoms with Crippen LogP contribution in [0.1, 0.15) is 10.4 Å². The summed E-state index contributed by atoms with van der Waals surface area (Å²) in [6.07, 6.45) is 0. The summed E-state index contributed by atoms with van der Waals surface area (Å²) in [5.74, 6) is -0.215. The van der Waals surface area contributed by atoms with E-state index in [2.05, 4.69) is 11.0 Å². The normalized spacial score (nSPS) is 11.1. The summed E-state index contributed by atoms with van der Waals surface area (Å²) in [4.78, 5) is 3.36. The Morgan fingerprint density at radius 1 is 1.17 bits per heavy atom. The molecule has 0 aliphatic rings. The van der Waals surface area contributed by atoms with Crippen LogP contribution in [0, 0.1) is 5.82 Å². The highest BCUT2D eigenvalue weighted by Gasteiger charge is 2.07. The minimum absolute atomic E-state index is 0.112. The van der Waals surface area contributed by atoms with Crippen molar-refractivity contribution >= 4 is 11.3 Å². The third-order valence-corrected chi connectivity index (χ3v) is 3.53. The minimum Gasteiger partial charge on any atom is -0.395 e. The molecule has 18 heavy (non-hydrogen) atoms. The average molecular weight is 265 g/mol. The number of rotatable bonds is 6. The molecule has 2 nitrogen and oxygen atoms in total. The molecule has 1 N–H and O–H groups in total. The maximum absolute atomic E-state index is 13.1. The molecule has 2 aromatic rings. The number of aliphatic hydroxyl groups is 1. The lowest BCUT2D eigenvalue weighted by Crippen LogP contribution is -2.25. The fraction of sp³-hybridized carbons (Fsp3) is 0.286. The minimum atomic E-state index is -0.215. The van der Waals surface area contributed by atoms with Gasteiger partial charge in [-0.25, -0.2) is 4.39 Å². The molecule has 0 amide bonds. The zero-order valence-corrected chi connectivity index (χ0v) is 10.9. The lowest BCUT2D eigenvalue weighted by molar-refractivity contribution is 0.185. The molecule has 0 unspecified atom stereocenters. The zero-order valence-electron chi connectivity index (χ0n) is 10.1. The third-order valence-electron chi connectivity index (χ3n) is 2.67.